The van der Waals surface area contributed by atoms with Crippen molar-refractivity contribution in [3.05, 3.63) is 30.3 Å². The first-order valence-corrected chi connectivity index (χ1v) is 8.01. The van der Waals surface area contributed by atoms with Crippen LogP contribution in [0.2, 0.25) is 0 Å². The number of nitrogens with one attached hydrogen (secondary N) is 1. The third kappa shape index (κ3) is 5.51. The normalized spacial score (nSPS) is 19.9. The van der Waals surface area contributed by atoms with Crippen LogP contribution in [-0.4, -0.2) is 43.8 Å². The minimum absolute atomic E-state index is 0.464. The fourth-order valence-electron chi connectivity index (χ4n) is 2.73. The Morgan fingerprint density at radius 1 is 1.30 bits per heavy atom. The van der Waals surface area contributed by atoms with Crippen molar-refractivity contribution in [3.8, 4) is 0 Å². The van der Waals surface area contributed by atoms with Crippen LogP contribution in [-0.2, 0) is 4.74 Å². The summed E-state index contributed by atoms with van der Waals surface area (Å²) in [6.45, 7) is 7.65. The van der Waals surface area contributed by atoms with Crippen molar-refractivity contribution in [2.24, 2.45) is 0 Å². The first-order chi connectivity index (χ1) is 9.88. The predicted octanol–water partition coefficient (Wildman–Crippen LogP) is 3.38. The van der Waals surface area contributed by atoms with Crippen LogP contribution < -0.4 is 5.32 Å². The van der Waals surface area contributed by atoms with Crippen molar-refractivity contribution in [3.63, 3.8) is 0 Å². The Morgan fingerprint density at radius 3 is 2.95 bits per heavy atom. The molecular weight excluding hydrogens is 248 g/mol. The Kier molecular flexibility index (Phi) is 6.89. The van der Waals surface area contributed by atoms with E-state index in [0.717, 1.165) is 26.1 Å². The Bertz CT molecular complexity index is 355. The van der Waals surface area contributed by atoms with Crippen LogP contribution >= 0.6 is 0 Å². The third-order valence-electron chi connectivity index (χ3n) is 3.77. The maximum atomic E-state index is 5.88. The molecule has 0 bridgehead atoms. The van der Waals surface area contributed by atoms with Gasteiger partial charge in [-0.15, -0.1) is 0 Å². The smallest absolute Gasteiger partial charge is 0.0702 e. The van der Waals surface area contributed by atoms with Crippen molar-refractivity contribution < 1.29 is 4.74 Å². The molecule has 112 valence electrons. The number of hydrogen-bond acceptors (Lipinski definition) is 3. The van der Waals surface area contributed by atoms with E-state index in [0.29, 0.717) is 6.10 Å². The lowest BCUT2D eigenvalue weighted by atomic mass is 10.1. The summed E-state index contributed by atoms with van der Waals surface area (Å²) in [6.07, 6.45) is 5.29. The highest BCUT2D eigenvalue weighted by molar-refractivity contribution is 5.42. The van der Waals surface area contributed by atoms with E-state index in [4.69, 9.17) is 4.74 Å². The first kappa shape index (κ1) is 15.3. The number of piperidine rings is 1. The van der Waals surface area contributed by atoms with E-state index in [2.05, 4.69) is 47.5 Å². The summed E-state index contributed by atoms with van der Waals surface area (Å²) in [6, 6.07) is 10.4. The van der Waals surface area contributed by atoms with Gasteiger partial charge in [0.2, 0.25) is 0 Å². The monoisotopic (exact) mass is 276 g/mol. The number of anilines is 1. The van der Waals surface area contributed by atoms with Crippen LogP contribution in [0.3, 0.4) is 0 Å². The van der Waals surface area contributed by atoms with E-state index < -0.39 is 0 Å². The van der Waals surface area contributed by atoms with E-state index in [9.17, 15) is 0 Å². The van der Waals surface area contributed by atoms with Crippen LogP contribution in [0.15, 0.2) is 30.3 Å². The number of ether oxygens (including phenoxy) is 1. The van der Waals surface area contributed by atoms with Crippen LogP contribution in [0, 0.1) is 0 Å². The largest absolute Gasteiger partial charge is 0.385 e. The highest BCUT2D eigenvalue weighted by Crippen LogP contribution is 2.14. The SMILES string of the molecule is CCCOC1CCCN(CCCNc2ccccc2)C1. The summed E-state index contributed by atoms with van der Waals surface area (Å²) in [5, 5.41) is 3.47. The van der Waals surface area contributed by atoms with Gasteiger partial charge in [0.15, 0.2) is 0 Å². The fourth-order valence-corrected chi connectivity index (χ4v) is 2.73. The minimum Gasteiger partial charge on any atom is -0.385 e. The maximum Gasteiger partial charge on any atom is 0.0702 e. The Hall–Kier alpha value is -1.06. The van der Waals surface area contributed by atoms with Crippen LogP contribution in [0.4, 0.5) is 5.69 Å². The van der Waals surface area contributed by atoms with E-state index in [1.54, 1.807) is 0 Å². The zero-order valence-electron chi connectivity index (χ0n) is 12.7. The highest BCUT2D eigenvalue weighted by Gasteiger charge is 2.19. The Balaban J connectivity index is 1.59. The second-order valence-electron chi connectivity index (χ2n) is 5.58. The third-order valence-corrected chi connectivity index (χ3v) is 3.77. The summed E-state index contributed by atoms with van der Waals surface area (Å²) in [4.78, 5) is 2.55. The zero-order valence-corrected chi connectivity index (χ0v) is 12.7. The van der Waals surface area contributed by atoms with Crippen molar-refractivity contribution in [2.75, 3.05) is 38.1 Å². The number of para-hydroxylation sites is 1. The van der Waals surface area contributed by atoms with Crippen molar-refractivity contribution >= 4 is 5.69 Å². The molecule has 1 fully saturated rings. The first-order valence-electron chi connectivity index (χ1n) is 8.01. The molecule has 20 heavy (non-hydrogen) atoms. The van der Waals surface area contributed by atoms with Crippen LogP contribution in [0.5, 0.6) is 0 Å². The minimum atomic E-state index is 0.464. The molecular formula is C17H28N2O. The summed E-state index contributed by atoms with van der Waals surface area (Å²) in [7, 11) is 0. The van der Waals surface area contributed by atoms with Gasteiger partial charge in [0.05, 0.1) is 6.10 Å². The molecule has 1 aliphatic rings. The maximum absolute atomic E-state index is 5.88. The van der Waals surface area contributed by atoms with Gasteiger partial charge in [-0.25, -0.2) is 0 Å². The molecule has 0 amide bonds. The average molecular weight is 276 g/mol. The number of nitrogens with zero attached hydrogens (tertiary/aromatic N) is 1. The van der Waals surface area contributed by atoms with E-state index in [-0.39, 0.29) is 0 Å². The average Bonchev–Trinajstić information content (AvgIpc) is 2.51. The molecule has 0 aromatic heterocycles. The van der Waals surface area contributed by atoms with Gasteiger partial charge in [-0.2, -0.15) is 0 Å². The fraction of sp³-hybridized carbons (Fsp3) is 0.647. The second-order valence-corrected chi connectivity index (χ2v) is 5.58. The van der Waals surface area contributed by atoms with Gasteiger partial charge in [0, 0.05) is 25.4 Å². The molecule has 0 spiro atoms. The molecule has 0 radical (unpaired) electrons. The topological polar surface area (TPSA) is 24.5 Å². The van der Waals surface area contributed by atoms with Crippen molar-refractivity contribution in [2.45, 2.75) is 38.7 Å². The van der Waals surface area contributed by atoms with Gasteiger partial charge in [-0.05, 0) is 50.9 Å². The van der Waals surface area contributed by atoms with Crippen LogP contribution in [0.25, 0.3) is 0 Å². The molecule has 1 aromatic rings. The van der Waals surface area contributed by atoms with Crippen molar-refractivity contribution in [1.82, 2.24) is 4.90 Å². The molecule has 1 heterocycles. The van der Waals surface area contributed by atoms with Gasteiger partial charge >= 0.3 is 0 Å². The van der Waals surface area contributed by atoms with Gasteiger partial charge < -0.3 is 15.0 Å². The molecule has 1 unspecified atom stereocenters. The molecule has 2 rings (SSSR count). The lowest BCUT2D eigenvalue weighted by Crippen LogP contribution is -2.40. The molecule has 1 saturated heterocycles. The van der Waals surface area contributed by atoms with Gasteiger partial charge in [-0.3, -0.25) is 0 Å². The van der Waals surface area contributed by atoms with Crippen LogP contribution in [0.1, 0.15) is 32.6 Å². The Morgan fingerprint density at radius 2 is 2.15 bits per heavy atom. The molecule has 0 saturated carbocycles. The molecule has 1 aromatic carbocycles. The number of benzene rings is 1. The van der Waals surface area contributed by atoms with Gasteiger partial charge in [0.25, 0.3) is 0 Å². The predicted molar refractivity (Wildman–Crippen MR) is 85.3 cm³/mol. The summed E-state index contributed by atoms with van der Waals surface area (Å²) < 4.78 is 5.88. The number of hydrogen-bond donors (Lipinski definition) is 1. The summed E-state index contributed by atoms with van der Waals surface area (Å²) in [5.74, 6) is 0. The molecule has 1 aliphatic heterocycles. The molecule has 0 aliphatic carbocycles. The summed E-state index contributed by atoms with van der Waals surface area (Å²) >= 11 is 0. The quantitative estimate of drug-likeness (QED) is 0.737. The highest BCUT2D eigenvalue weighted by atomic mass is 16.5. The van der Waals surface area contributed by atoms with E-state index in [1.807, 2.05) is 0 Å². The lowest BCUT2D eigenvalue weighted by Gasteiger charge is -2.32. The van der Waals surface area contributed by atoms with Crippen molar-refractivity contribution in [1.29, 1.82) is 0 Å². The van der Waals surface area contributed by atoms with Gasteiger partial charge in [-0.1, -0.05) is 25.1 Å². The van der Waals surface area contributed by atoms with E-state index in [1.165, 1.54) is 38.0 Å². The standard InChI is InChI=1S/C17H28N2O/c1-2-14-20-17-10-6-12-19(15-17)13-7-11-18-16-8-4-3-5-9-16/h3-5,8-9,17-18H,2,6-7,10-15H2,1H3. The summed E-state index contributed by atoms with van der Waals surface area (Å²) in [5.41, 5.74) is 1.22. The van der Waals surface area contributed by atoms with E-state index >= 15 is 0 Å². The second kappa shape index (κ2) is 8.98. The number of likely N-dealkylation sites (tertiary alicyclic amines) is 1. The molecule has 3 heteroatoms. The number of rotatable bonds is 8. The molecule has 3 nitrogen and oxygen atoms in total. The Labute approximate surface area is 123 Å². The van der Waals surface area contributed by atoms with Gasteiger partial charge in [0.1, 0.15) is 0 Å². The molecule has 1 N–H and O–H groups in total. The lowest BCUT2D eigenvalue weighted by molar-refractivity contribution is -0.000000436. The zero-order chi connectivity index (χ0) is 14.0. The molecule has 1 atom stereocenters.